The molecule has 1 N–H and O–H groups in total. The number of thioether (sulfide) groups is 1. The maximum Gasteiger partial charge on any atom is 0.243 e. The summed E-state index contributed by atoms with van der Waals surface area (Å²) in [6.07, 6.45) is 1.08. The Balaban J connectivity index is 1.86. The normalized spacial score (nSPS) is 11.7. The number of carbonyl (C=O) groups excluding carboxylic acids is 2. The van der Waals surface area contributed by atoms with E-state index in [1.807, 2.05) is 37.3 Å². The lowest BCUT2D eigenvalue weighted by atomic mass is 10.0. The summed E-state index contributed by atoms with van der Waals surface area (Å²) < 4.78 is 14.6. The van der Waals surface area contributed by atoms with Gasteiger partial charge in [0, 0.05) is 40.9 Å². The highest BCUT2D eigenvalue weighted by Crippen LogP contribution is 2.28. The van der Waals surface area contributed by atoms with Gasteiger partial charge < -0.3 is 10.2 Å². The van der Waals surface area contributed by atoms with Gasteiger partial charge in [0.2, 0.25) is 11.8 Å². The van der Waals surface area contributed by atoms with Crippen molar-refractivity contribution in [2.45, 2.75) is 38.1 Å². The van der Waals surface area contributed by atoms with Crippen molar-refractivity contribution in [1.82, 2.24) is 10.2 Å². The Morgan fingerprint density at radius 2 is 1.64 bits per heavy atom. The van der Waals surface area contributed by atoms with Crippen LogP contribution in [0.2, 0.25) is 10.0 Å². The molecule has 0 saturated carbocycles. The maximum absolute atomic E-state index is 14.6. The molecule has 0 saturated heterocycles. The van der Waals surface area contributed by atoms with Gasteiger partial charge in [-0.3, -0.25) is 9.59 Å². The zero-order chi connectivity index (χ0) is 25.9. The number of hydrogen-bond acceptors (Lipinski definition) is 3. The molecule has 3 aromatic rings. The van der Waals surface area contributed by atoms with Crippen molar-refractivity contribution in [3.63, 3.8) is 0 Å². The molecule has 3 aromatic carbocycles. The molecule has 0 heterocycles. The molecule has 0 unspecified atom stereocenters. The van der Waals surface area contributed by atoms with E-state index in [2.05, 4.69) is 5.32 Å². The van der Waals surface area contributed by atoms with E-state index in [0.29, 0.717) is 34.3 Å². The Morgan fingerprint density at radius 1 is 0.972 bits per heavy atom. The zero-order valence-electron chi connectivity index (χ0n) is 20.1. The zero-order valence-corrected chi connectivity index (χ0v) is 22.4. The van der Waals surface area contributed by atoms with Gasteiger partial charge >= 0.3 is 0 Å². The van der Waals surface area contributed by atoms with Gasteiger partial charge in [-0.05, 0) is 35.7 Å². The average Bonchev–Trinajstić information content (AvgIpc) is 2.88. The number of amides is 2. The molecule has 0 radical (unpaired) electrons. The molecule has 0 bridgehead atoms. The van der Waals surface area contributed by atoms with Gasteiger partial charge in [-0.25, -0.2) is 4.39 Å². The van der Waals surface area contributed by atoms with E-state index >= 15 is 0 Å². The number of rotatable bonds is 12. The molecule has 190 valence electrons. The van der Waals surface area contributed by atoms with E-state index in [9.17, 15) is 14.0 Å². The minimum atomic E-state index is -0.796. The minimum Gasteiger partial charge on any atom is -0.354 e. The summed E-state index contributed by atoms with van der Waals surface area (Å²) in [7, 11) is 0. The van der Waals surface area contributed by atoms with Crippen molar-refractivity contribution in [2.75, 3.05) is 12.3 Å². The Hall–Kier alpha value is -2.54. The smallest absolute Gasteiger partial charge is 0.243 e. The third-order valence-electron chi connectivity index (χ3n) is 5.65. The van der Waals surface area contributed by atoms with Crippen LogP contribution in [-0.4, -0.2) is 35.1 Å². The fourth-order valence-corrected chi connectivity index (χ4v) is 5.37. The molecular formula is C28H29Cl2FN2O2S. The quantitative estimate of drug-likeness (QED) is 0.281. The second kappa shape index (κ2) is 14.3. The first-order valence-corrected chi connectivity index (χ1v) is 13.7. The molecule has 4 nitrogen and oxygen atoms in total. The molecular weight excluding hydrogens is 518 g/mol. The number of nitrogens with one attached hydrogen (secondary N) is 1. The monoisotopic (exact) mass is 546 g/mol. The van der Waals surface area contributed by atoms with Crippen LogP contribution in [0.15, 0.2) is 72.8 Å². The SMILES string of the molecule is CCCNC(=O)[C@@H](Cc1ccccc1)N(Cc1ccccc1F)C(=O)CSCc1c(Cl)cccc1Cl. The van der Waals surface area contributed by atoms with Crippen molar-refractivity contribution in [2.24, 2.45) is 0 Å². The van der Waals surface area contributed by atoms with Gasteiger partial charge in [0.1, 0.15) is 11.9 Å². The lowest BCUT2D eigenvalue weighted by molar-refractivity contribution is -0.139. The summed E-state index contributed by atoms with van der Waals surface area (Å²) in [5.41, 5.74) is 2.02. The number of benzene rings is 3. The second-order valence-electron chi connectivity index (χ2n) is 8.30. The summed E-state index contributed by atoms with van der Waals surface area (Å²) >= 11 is 13.9. The van der Waals surface area contributed by atoms with Gasteiger partial charge in [-0.2, -0.15) is 0 Å². The molecule has 0 fully saturated rings. The molecule has 3 rings (SSSR count). The number of nitrogens with zero attached hydrogens (tertiary/aromatic N) is 1. The van der Waals surface area contributed by atoms with Gasteiger partial charge in [0.05, 0.1) is 5.75 Å². The molecule has 2 amide bonds. The van der Waals surface area contributed by atoms with Crippen LogP contribution >= 0.6 is 35.0 Å². The van der Waals surface area contributed by atoms with Crippen molar-refractivity contribution in [1.29, 1.82) is 0 Å². The third-order valence-corrected chi connectivity index (χ3v) is 7.30. The van der Waals surface area contributed by atoms with E-state index in [1.54, 1.807) is 36.4 Å². The Bertz CT molecular complexity index is 1140. The van der Waals surface area contributed by atoms with Gasteiger partial charge in [-0.15, -0.1) is 11.8 Å². The highest BCUT2D eigenvalue weighted by Gasteiger charge is 2.30. The van der Waals surface area contributed by atoms with Crippen LogP contribution in [0.1, 0.15) is 30.0 Å². The molecule has 0 aromatic heterocycles. The van der Waals surface area contributed by atoms with Crippen LogP contribution in [0.5, 0.6) is 0 Å². The lowest BCUT2D eigenvalue weighted by Gasteiger charge is -2.31. The minimum absolute atomic E-state index is 0.0179. The molecule has 0 spiro atoms. The Kier molecular flexibility index (Phi) is 11.1. The highest BCUT2D eigenvalue weighted by molar-refractivity contribution is 7.99. The second-order valence-corrected chi connectivity index (χ2v) is 10.1. The predicted molar refractivity (Wildman–Crippen MR) is 147 cm³/mol. The summed E-state index contributed by atoms with van der Waals surface area (Å²) in [6.45, 7) is 2.44. The first kappa shape index (κ1) is 28.0. The highest BCUT2D eigenvalue weighted by atomic mass is 35.5. The lowest BCUT2D eigenvalue weighted by Crippen LogP contribution is -2.51. The molecule has 8 heteroatoms. The Morgan fingerprint density at radius 3 is 2.31 bits per heavy atom. The van der Waals surface area contributed by atoms with Crippen LogP contribution < -0.4 is 5.32 Å². The fourth-order valence-electron chi connectivity index (χ4n) is 3.72. The summed E-state index contributed by atoms with van der Waals surface area (Å²) in [6, 6.07) is 20.3. The molecule has 0 aliphatic heterocycles. The molecule has 0 aliphatic carbocycles. The van der Waals surface area contributed by atoms with Crippen molar-refractivity contribution in [3.05, 3.63) is 105 Å². The van der Waals surface area contributed by atoms with Crippen LogP contribution in [0, 0.1) is 5.82 Å². The molecule has 36 heavy (non-hydrogen) atoms. The first-order valence-electron chi connectivity index (χ1n) is 11.8. The number of halogens is 3. The molecule has 1 atom stereocenters. The van der Waals surface area contributed by atoms with Crippen molar-refractivity contribution >= 4 is 46.8 Å². The van der Waals surface area contributed by atoms with Gasteiger partial charge in [0.15, 0.2) is 0 Å². The standard InChI is InChI=1S/C28H29Cl2FN2O2S/c1-2-15-32-28(35)26(16-20-9-4-3-5-10-20)33(17-21-11-6-7-14-25(21)31)27(34)19-36-18-22-23(29)12-8-13-24(22)30/h3-14,26H,2,15-19H2,1H3,(H,32,35)/t26-/m1/s1. The summed E-state index contributed by atoms with van der Waals surface area (Å²) in [5.74, 6) is -0.423. The number of hydrogen-bond donors (Lipinski definition) is 1. The summed E-state index contributed by atoms with van der Waals surface area (Å²) in [5, 5.41) is 3.98. The third kappa shape index (κ3) is 7.99. The first-order chi connectivity index (χ1) is 17.4. The van der Waals surface area contributed by atoms with E-state index in [4.69, 9.17) is 23.2 Å². The Labute approximate surface area is 226 Å². The van der Waals surface area contributed by atoms with Crippen LogP contribution in [0.4, 0.5) is 4.39 Å². The van der Waals surface area contributed by atoms with E-state index < -0.39 is 11.9 Å². The van der Waals surface area contributed by atoms with E-state index in [1.165, 1.54) is 22.7 Å². The summed E-state index contributed by atoms with van der Waals surface area (Å²) in [4.78, 5) is 28.3. The van der Waals surface area contributed by atoms with Gasteiger partial charge in [0.25, 0.3) is 0 Å². The largest absolute Gasteiger partial charge is 0.354 e. The van der Waals surface area contributed by atoms with Crippen molar-refractivity contribution < 1.29 is 14.0 Å². The van der Waals surface area contributed by atoms with Crippen LogP contribution in [0.25, 0.3) is 0 Å². The van der Waals surface area contributed by atoms with Crippen LogP contribution in [-0.2, 0) is 28.3 Å². The van der Waals surface area contributed by atoms with E-state index in [0.717, 1.165) is 17.5 Å². The average molecular weight is 548 g/mol. The number of carbonyl (C=O) groups is 2. The molecule has 0 aliphatic rings. The van der Waals surface area contributed by atoms with Crippen molar-refractivity contribution in [3.8, 4) is 0 Å². The fraction of sp³-hybridized carbons (Fsp3) is 0.286. The topological polar surface area (TPSA) is 49.4 Å². The van der Waals surface area contributed by atoms with Gasteiger partial charge in [-0.1, -0.05) is 84.7 Å². The van der Waals surface area contributed by atoms with E-state index in [-0.39, 0.29) is 24.1 Å². The predicted octanol–water partition coefficient (Wildman–Crippen LogP) is 6.53. The van der Waals surface area contributed by atoms with Crippen LogP contribution in [0.3, 0.4) is 0 Å². The maximum atomic E-state index is 14.6.